The molecule has 0 amide bonds. The van der Waals surface area contributed by atoms with Crippen LogP contribution in [0.2, 0.25) is 0 Å². The third-order valence-corrected chi connectivity index (χ3v) is 3.60. The summed E-state index contributed by atoms with van der Waals surface area (Å²) in [6.07, 6.45) is 1.18. The second-order valence-electron chi connectivity index (χ2n) is 4.99. The van der Waals surface area contributed by atoms with Crippen molar-refractivity contribution in [2.24, 2.45) is 0 Å². The first kappa shape index (κ1) is 12.0. The molecule has 0 aliphatic carbocycles. The molecule has 18 heavy (non-hydrogen) atoms. The number of benzene rings is 1. The number of aliphatic hydroxyl groups excluding tert-OH is 1. The molecule has 2 atom stereocenters. The number of aliphatic hydroxyl groups is 1. The van der Waals surface area contributed by atoms with Gasteiger partial charge < -0.3 is 14.6 Å². The quantitative estimate of drug-likeness (QED) is 0.855. The van der Waals surface area contributed by atoms with Gasteiger partial charge in [0.15, 0.2) is 0 Å². The van der Waals surface area contributed by atoms with Gasteiger partial charge in [0, 0.05) is 26.1 Å². The van der Waals surface area contributed by atoms with E-state index >= 15 is 0 Å². The Bertz CT molecular complexity index is 385. The molecule has 0 radical (unpaired) electrons. The van der Waals surface area contributed by atoms with Crippen molar-refractivity contribution in [1.29, 1.82) is 0 Å². The van der Waals surface area contributed by atoms with Gasteiger partial charge in [-0.05, 0) is 11.6 Å². The molecule has 98 valence electrons. The SMILES string of the molecule is OCC1CN(CC2Cc3ccccc3O2)CCO1. The van der Waals surface area contributed by atoms with Gasteiger partial charge in [-0.15, -0.1) is 0 Å². The molecule has 0 bridgehead atoms. The molecule has 1 N–H and O–H groups in total. The summed E-state index contributed by atoms with van der Waals surface area (Å²) in [4.78, 5) is 2.32. The maximum absolute atomic E-state index is 9.13. The van der Waals surface area contributed by atoms with Crippen LogP contribution in [-0.4, -0.2) is 55.1 Å². The lowest BCUT2D eigenvalue weighted by atomic mass is 10.1. The summed E-state index contributed by atoms with van der Waals surface area (Å²) in [7, 11) is 0. The van der Waals surface area contributed by atoms with E-state index in [0.29, 0.717) is 6.61 Å². The molecule has 2 aliphatic heterocycles. The highest BCUT2D eigenvalue weighted by Crippen LogP contribution is 2.28. The van der Waals surface area contributed by atoms with Gasteiger partial charge in [0.25, 0.3) is 0 Å². The first-order valence-corrected chi connectivity index (χ1v) is 6.54. The molecular weight excluding hydrogens is 230 g/mol. The minimum absolute atomic E-state index is 0.0393. The summed E-state index contributed by atoms with van der Waals surface area (Å²) < 4.78 is 11.4. The summed E-state index contributed by atoms with van der Waals surface area (Å²) in [6, 6.07) is 8.23. The van der Waals surface area contributed by atoms with Gasteiger partial charge in [0.2, 0.25) is 0 Å². The minimum Gasteiger partial charge on any atom is -0.488 e. The molecule has 2 unspecified atom stereocenters. The lowest BCUT2D eigenvalue weighted by Gasteiger charge is -2.33. The van der Waals surface area contributed by atoms with E-state index in [9.17, 15) is 0 Å². The van der Waals surface area contributed by atoms with Gasteiger partial charge in [-0.3, -0.25) is 4.90 Å². The Labute approximate surface area is 107 Å². The van der Waals surface area contributed by atoms with Gasteiger partial charge >= 0.3 is 0 Å². The average molecular weight is 249 g/mol. The number of para-hydroxylation sites is 1. The van der Waals surface area contributed by atoms with Crippen LogP contribution < -0.4 is 4.74 Å². The zero-order chi connectivity index (χ0) is 12.4. The molecule has 1 aromatic rings. The van der Waals surface area contributed by atoms with E-state index in [1.165, 1.54) is 5.56 Å². The van der Waals surface area contributed by atoms with Gasteiger partial charge in [-0.25, -0.2) is 0 Å². The van der Waals surface area contributed by atoms with Crippen molar-refractivity contribution in [1.82, 2.24) is 4.90 Å². The number of rotatable bonds is 3. The van der Waals surface area contributed by atoms with Gasteiger partial charge in [0.1, 0.15) is 11.9 Å². The van der Waals surface area contributed by atoms with Crippen molar-refractivity contribution in [3.63, 3.8) is 0 Å². The van der Waals surface area contributed by atoms with E-state index in [4.69, 9.17) is 14.6 Å². The Kier molecular flexibility index (Phi) is 3.50. The first-order valence-electron chi connectivity index (χ1n) is 6.54. The van der Waals surface area contributed by atoms with E-state index in [2.05, 4.69) is 17.0 Å². The summed E-state index contributed by atoms with van der Waals surface area (Å²) in [5.74, 6) is 1.02. The molecule has 2 heterocycles. The topological polar surface area (TPSA) is 41.9 Å². The van der Waals surface area contributed by atoms with Crippen molar-refractivity contribution in [2.45, 2.75) is 18.6 Å². The van der Waals surface area contributed by atoms with Gasteiger partial charge in [-0.2, -0.15) is 0 Å². The molecule has 0 saturated carbocycles. The number of morpholine rings is 1. The largest absolute Gasteiger partial charge is 0.488 e. The first-order chi connectivity index (χ1) is 8.85. The second kappa shape index (κ2) is 5.26. The zero-order valence-corrected chi connectivity index (χ0v) is 10.4. The second-order valence-corrected chi connectivity index (χ2v) is 4.99. The molecule has 2 aliphatic rings. The molecule has 1 fully saturated rings. The van der Waals surface area contributed by atoms with Crippen LogP contribution in [-0.2, 0) is 11.2 Å². The van der Waals surface area contributed by atoms with Crippen LogP contribution >= 0.6 is 0 Å². The van der Waals surface area contributed by atoms with Crippen LogP contribution in [0.25, 0.3) is 0 Å². The summed E-state index contributed by atoms with van der Waals surface area (Å²) in [5, 5.41) is 9.13. The molecule has 4 heteroatoms. The van der Waals surface area contributed by atoms with Crippen molar-refractivity contribution in [3.8, 4) is 5.75 Å². The maximum atomic E-state index is 9.13. The van der Waals surface area contributed by atoms with Crippen molar-refractivity contribution in [3.05, 3.63) is 29.8 Å². The Morgan fingerprint density at radius 2 is 2.17 bits per heavy atom. The predicted octanol–water partition coefficient (Wildman–Crippen LogP) is 0.683. The molecule has 1 aromatic carbocycles. The van der Waals surface area contributed by atoms with Crippen molar-refractivity contribution < 1.29 is 14.6 Å². The summed E-state index contributed by atoms with van der Waals surface area (Å²) in [6.45, 7) is 3.43. The van der Waals surface area contributed by atoms with Crippen LogP contribution in [0.1, 0.15) is 5.56 Å². The average Bonchev–Trinajstić information content (AvgIpc) is 2.81. The molecule has 0 aromatic heterocycles. The van der Waals surface area contributed by atoms with E-state index in [1.807, 2.05) is 12.1 Å². The van der Waals surface area contributed by atoms with Crippen LogP contribution in [0, 0.1) is 0 Å². The van der Waals surface area contributed by atoms with Crippen LogP contribution in [0.4, 0.5) is 0 Å². The minimum atomic E-state index is -0.0393. The Hall–Kier alpha value is -1.10. The third kappa shape index (κ3) is 2.51. The summed E-state index contributed by atoms with van der Waals surface area (Å²) >= 11 is 0. The number of ether oxygens (including phenoxy) is 2. The number of nitrogens with zero attached hydrogens (tertiary/aromatic N) is 1. The Balaban J connectivity index is 1.56. The van der Waals surface area contributed by atoms with Crippen LogP contribution in [0.5, 0.6) is 5.75 Å². The maximum Gasteiger partial charge on any atom is 0.123 e. The molecule has 3 rings (SSSR count). The van der Waals surface area contributed by atoms with Crippen LogP contribution in [0.3, 0.4) is 0 Å². The third-order valence-electron chi connectivity index (χ3n) is 3.60. The Morgan fingerprint density at radius 3 is 3.00 bits per heavy atom. The fourth-order valence-corrected chi connectivity index (χ4v) is 2.70. The fourth-order valence-electron chi connectivity index (χ4n) is 2.70. The lowest BCUT2D eigenvalue weighted by Crippen LogP contribution is -2.47. The lowest BCUT2D eigenvalue weighted by molar-refractivity contribution is -0.0589. The Morgan fingerprint density at radius 1 is 1.28 bits per heavy atom. The molecule has 4 nitrogen and oxygen atoms in total. The highest BCUT2D eigenvalue weighted by atomic mass is 16.5. The summed E-state index contributed by atoms with van der Waals surface area (Å²) in [5.41, 5.74) is 1.30. The number of fused-ring (bicyclic) bond motifs is 1. The van der Waals surface area contributed by atoms with Gasteiger partial charge in [0.05, 0.1) is 19.3 Å². The zero-order valence-electron chi connectivity index (χ0n) is 10.4. The smallest absolute Gasteiger partial charge is 0.123 e. The fraction of sp³-hybridized carbons (Fsp3) is 0.571. The highest BCUT2D eigenvalue weighted by molar-refractivity contribution is 5.37. The van der Waals surface area contributed by atoms with E-state index in [0.717, 1.165) is 31.8 Å². The monoisotopic (exact) mass is 249 g/mol. The normalized spacial score (nSPS) is 27.8. The molecule has 0 spiro atoms. The van der Waals surface area contributed by atoms with E-state index < -0.39 is 0 Å². The molecular formula is C14H19NO3. The molecule has 1 saturated heterocycles. The van der Waals surface area contributed by atoms with Crippen molar-refractivity contribution in [2.75, 3.05) is 32.8 Å². The predicted molar refractivity (Wildman–Crippen MR) is 67.8 cm³/mol. The number of hydrogen-bond acceptors (Lipinski definition) is 4. The van der Waals surface area contributed by atoms with Crippen molar-refractivity contribution >= 4 is 0 Å². The van der Waals surface area contributed by atoms with E-state index in [-0.39, 0.29) is 18.8 Å². The standard InChI is InChI=1S/C14H19NO3/c16-10-13-9-15(5-6-17-13)8-12-7-11-3-1-2-4-14(11)18-12/h1-4,12-13,16H,5-10H2. The van der Waals surface area contributed by atoms with Crippen LogP contribution in [0.15, 0.2) is 24.3 Å². The van der Waals surface area contributed by atoms with E-state index in [1.54, 1.807) is 0 Å². The number of hydrogen-bond donors (Lipinski definition) is 1. The van der Waals surface area contributed by atoms with Gasteiger partial charge in [-0.1, -0.05) is 18.2 Å². The highest BCUT2D eigenvalue weighted by Gasteiger charge is 2.27.